The molecule has 0 aliphatic rings. The molecule has 0 aliphatic heterocycles. The van der Waals surface area contributed by atoms with Gasteiger partial charge < -0.3 is 9.14 Å². The number of ether oxygens (including phenoxy) is 1. The number of nitrogens with two attached hydrogens (primary N) is 1. The van der Waals surface area contributed by atoms with E-state index < -0.39 is 37.5 Å². The summed E-state index contributed by atoms with van der Waals surface area (Å²) >= 11 is 11.9. The number of carbonyl (C=O) groups is 1. The number of fused-ring (bicyclic) bond motifs is 1. The molecule has 0 radical (unpaired) electrons. The molecule has 7 nitrogen and oxygen atoms in total. The van der Waals surface area contributed by atoms with Crippen molar-refractivity contribution in [1.82, 2.24) is 9.38 Å². The third-order valence-corrected chi connectivity index (χ3v) is 5.60. The molecule has 0 amide bonds. The molecular weight excluding hydrogens is 458 g/mol. The van der Waals surface area contributed by atoms with Gasteiger partial charge in [0.05, 0.1) is 22.7 Å². The van der Waals surface area contributed by atoms with Gasteiger partial charge in [-0.2, -0.15) is 13.2 Å². The van der Waals surface area contributed by atoms with Crippen molar-refractivity contribution in [1.29, 1.82) is 0 Å². The first-order valence-corrected chi connectivity index (χ1v) is 9.83. The van der Waals surface area contributed by atoms with E-state index in [1.807, 2.05) is 0 Å². The number of primary sulfonamides is 1. The number of hydrogen-bond donors (Lipinski definition) is 1. The Morgan fingerprint density at radius 1 is 1.21 bits per heavy atom. The number of hydrogen-bond acceptors (Lipinski definition) is 5. The lowest BCUT2D eigenvalue weighted by Crippen LogP contribution is -2.15. The number of ketones is 1. The Kier molecular flexibility index (Phi) is 5.28. The van der Waals surface area contributed by atoms with Gasteiger partial charge in [0.25, 0.3) is 0 Å². The van der Waals surface area contributed by atoms with Crippen LogP contribution < -0.4 is 9.88 Å². The van der Waals surface area contributed by atoms with E-state index in [0.717, 1.165) is 22.7 Å². The summed E-state index contributed by atoms with van der Waals surface area (Å²) in [6.07, 6.45) is -2.92. The summed E-state index contributed by atoms with van der Waals surface area (Å²) in [7, 11) is -3.06. The third-order valence-electron chi connectivity index (χ3n) is 3.87. The molecule has 0 unspecified atom stereocenters. The standard InChI is InChI=1S/C16H10Cl2F3N3O4S/c1-28-8-3-9(13(18)12(4-8)29(22,26)27)14(25)11-6-24-5-7(16(19,20)21)2-10(17)15(24)23-11/h2-6H,1H3,(H2,22,26,27). The Morgan fingerprint density at radius 3 is 2.41 bits per heavy atom. The summed E-state index contributed by atoms with van der Waals surface area (Å²) in [5.74, 6) is -0.893. The molecule has 2 aromatic heterocycles. The smallest absolute Gasteiger partial charge is 0.417 e. The van der Waals surface area contributed by atoms with Gasteiger partial charge in [0.15, 0.2) is 5.65 Å². The van der Waals surface area contributed by atoms with E-state index in [9.17, 15) is 26.4 Å². The SMILES string of the molecule is COc1cc(C(=O)c2cn3cc(C(F)(F)F)cc(Cl)c3n2)c(Cl)c(S(N)(=O)=O)c1. The van der Waals surface area contributed by atoms with Gasteiger partial charge in [-0.25, -0.2) is 18.5 Å². The number of alkyl halides is 3. The largest absolute Gasteiger partial charge is 0.497 e. The van der Waals surface area contributed by atoms with Crippen molar-refractivity contribution in [3.05, 3.63) is 57.5 Å². The molecule has 0 bridgehead atoms. The molecule has 1 aromatic carbocycles. The summed E-state index contributed by atoms with van der Waals surface area (Å²) in [6, 6.07) is 2.87. The number of benzene rings is 1. The summed E-state index contributed by atoms with van der Waals surface area (Å²) in [6.45, 7) is 0. The molecule has 29 heavy (non-hydrogen) atoms. The fourth-order valence-corrected chi connectivity index (χ4v) is 3.94. The highest BCUT2D eigenvalue weighted by molar-refractivity contribution is 7.89. The van der Waals surface area contributed by atoms with Crippen molar-refractivity contribution in [3.8, 4) is 5.75 Å². The fraction of sp³-hybridized carbons (Fsp3) is 0.125. The van der Waals surface area contributed by atoms with Crippen LogP contribution in [-0.4, -0.2) is 30.7 Å². The van der Waals surface area contributed by atoms with E-state index in [4.69, 9.17) is 33.1 Å². The molecule has 0 aliphatic carbocycles. The molecular formula is C16H10Cl2F3N3O4S. The zero-order valence-corrected chi connectivity index (χ0v) is 16.6. The van der Waals surface area contributed by atoms with Crippen molar-refractivity contribution in [2.24, 2.45) is 5.14 Å². The Labute approximate surface area is 171 Å². The van der Waals surface area contributed by atoms with Gasteiger partial charge in [0.2, 0.25) is 15.8 Å². The number of imidazole rings is 1. The minimum absolute atomic E-state index is 0.0251. The van der Waals surface area contributed by atoms with Gasteiger partial charge in [-0.3, -0.25) is 4.79 Å². The van der Waals surface area contributed by atoms with E-state index in [0.29, 0.717) is 12.3 Å². The third kappa shape index (κ3) is 4.04. The molecule has 0 spiro atoms. The van der Waals surface area contributed by atoms with Gasteiger partial charge >= 0.3 is 6.18 Å². The number of halogens is 5. The van der Waals surface area contributed by atoms with Gasteiger partial charge in [-0.15, -0.1) is 0 Å². The van der Waals surface area contributed by atoms with E-state index in [2.05, 4.69) is 4.98 Å². The van der Waals surface area contributed by atoms with Crippen molar-refractivity contribution >= 4 is 44.7 Å². The second-order valence-corrected chi connectivity index (χ2v) is 8.11. The van der Waals surface area contributed by atoms with E-state index >= 15 is 0 Å². The van der Waals surface area contributed by atoms with Crippen LogP contribution in [0.5, 0.6) is 5.75 Å². The van der Waals surface area contributed by atoms with Crippen LogP contribution in [0, 0.1) is 0 Å². The van der Waals surface area contributed by atoms with Crippen LogP contribution >= 0.6 is 23.2 Å². The quantitative estimate of drug-likeness (QED) is 0.590. The molecule has 3 rings (SSSR count). The highest BCUT2D eigenvalue weighted by Crippen LogP contribution is 2.34. The Morgan fingerprint density at radius 2 is 1.86 bits per heavy atom. The van der Waals surface area contributed by atoms with Gasteiger partial charge in [0.1, 0.15) is 16.3 Å². The highest BCUT2D eigenvalue weighted by atomic mass is 35.5. The zero-order chi connectivity index (χ0) is 21.7. The van der Waals surface area contributed by atoms with Gasteiger partial charge in [0, 0.05) is 24.0 Å². The van der Waals surface area contributed by atoms with Crippen LogP contribution in [0.25, 0.3) is 5.65 Å². The lowest BCUT2D eigenvalue weighted by molar-refractivity contribution is -0.137. The second-order valence-electron chi connectivity index (χ2n) is 5.79. The van der Waals surface area contributed by atoms with E-state index in [1.165, 1.54) is 7.11 Å². The van der Waals surface area contributed by atoms with Crippen molar-refractivity contribution < 1.29 is 31.1 Å². The van der Waals surface area contributed by atoms with Crippen LogP contribution in [0.3, 0.4) is 0 Å². The monoisotopic (exact) mass is 467 g/mol. The molecule has 2 heterocycles. The highest BCUT2D eigenvalue weighted by Gasteiger charge is 2.32. The molecule has 0 saturated carbocycles. The van der Waals surface area contributed by atoms with E-state index in [1.54, 1.807) is 0 Å². The summed E-state index contributed by atoms with van der Waals surface area (Å²) in [4.78, 5) is 16.2. The number of sulfonamides is 1. The van der Waals surface area contributed by atoms with Gasteiger partial charge in [-0.1, -0.05) is 23.2 Å². The first kappa shape index (κ1) is 21.4. The molecule has 0 saturated heterocycles. The van der Waals surface area contributed by atoms with Crippen LogP contribution in [0.1, 0.15) is 21.6 Å². The molecule has 13 heteroatoms. The van der Waals surface area contributed by atoms with Crippen molar-refractivity contribution in [3.63, 3.8) is 0 Å². The predicted molar refractivity (Wildman–Crippen MR) is 98.0 cm³/mol. The summed E-state index contributed by atoms with van der Waals surface area (Å²) in [5.41, 5.74) is -1.77. The second kappa shape index (κ2) is 7.17. The number of nitrogens with zero attached hydrogens (tertiary/aromatic N) is 2. The number of rotatable bonds is 4. The maximum absolute atomic E-state index is 13.0. The molecule has 3 aromatic rings. The molecule has 0 atom stereocenters. The Bertz CT molecular complexity index is 1260. The number of aromatic nitrogens is 2. The summed E-state index contributed by atoms with van der Waals surface area (Å²) in [5, 5.41) is 4.30. The lowest BCUT2D eigenvalue weighted by atomic mass is 10.1. The maximum Gasteiger partial charge on any atom is 0.417 e. The first-order valence-electron chi connectivity index (χ1n) is 7.53. The number of methoxy groups -OCH3 is 1. The van der Waals surface area contributed by atoms with Crippen LogP contribution in [0.2, 0.25) is 10.0 Å². The Balaban J connectivity index is 2.19. The average Bonchev–Trinajstić information content (AvgIpc) is 3.04. The van der Waals surface area contributed by atoms with Crippen LogP contribution in [0.15, 0.2) is 35.5 Å². The van der Waals surface area contributed by atoms with Crippen molar-refractivity contribution in [2.45, 2.75) is 11.1 Å². The van der Waals surface area contributed by atoms with Crippen molar-refractivity contribution in [2.75, 3.05) is 7.11 Å². The number of carbonyl (C=O) groups excluding carboxylic acids is 1. The molecule has 0 fully saturated rings. The summed E-state index contributed by atoms with van der Waals surface area (Å²) < 4.78 is 68.2. The van der Waals surface area contributed by atoms with Gasteiger partial charge in [-0.05, 0) is 12.1 Å². The maximum atomic E-state index is 13.0. The Hall–Kier alpha value is -2.34. The average molecular weight is 468 g/mol. The fourth-order valence-electron chi connectivity index (χ4n) is 2.52. The molecule has 2 N–H and O–H groups in total. The normalized spacial score (nSPS) is 12.4. The van der Waals surface area contributed by atoms with Crippen LogP contribution in [-0.2, 0) is 16.2 Å². The zero-order valence-electron chi connectivity index (χ0n) is 14.3. The lowest BCUT2D eigenvalue weighted by Gasteiger charge is -2.09. The number of pyridine rings is 1. The minimum Gasteiger partial charge on any atom is -0.497 e. The predicted octanol–water partition coefficient (Wildman–Crippen LogP) is 3.55. The molecule has 154 valence electrons. The minimum atomic E-state index is -4.66. The van der Waals surface area contributed by atoms with Crippen LogP contribution in [0.4, 0.5) is 13.2 Å². The topological polar surface area (TPSA) is 104 Å². The van der Waals surface area contributed by atoms with E-state index in [-0.39, 0.29) is 27.7 Å². The first-order chi connectivity index (χ1) is 13.3.